The monoisotopic (exact) mass is 481 g/mol. The Hall–Kier alpha value is -3.50. The van der Waals surface area contributed by atoms with Crippen LogP contribution in [0.5, 0.6) is 0 Å². The molecule has 34 heavy (non-hydrogen) atoms. The molecule has 0 amide bonds. The third-order valence-electron chi connectivity index (χ3n) is 6.01. The zero-order chi connectivity index (χ0) is 23.9. The van der Waals surface area contributed by atoms with Gasteiger partial charge in [0.15, 0.2) is 0 Å². The number of piperidine rings is 1. The molecule has 0 aliphatic carbocycles. The quantitative estimate of drug-likeness (QED) is 0.470. The van der Waals surface area contributed by atoms with Gasteiger partial charge in [-0.15, -0.1) is 5.10 Å². The summed E-state index contributed by atoms with van der Waals surface area (Å²) >= 11 is 0. The van der Waals surface area contributed by atoms with Crippen molar-refractivity contribution in [1.29, 1.82) is 0 Å². The Labute approximate surface area is 196 Å². The lowest BCUT2D eigenvalue weighted by atomic mass is 10.1. The van der Waals surface area contributed by atoms with Gasteiger partial charge in [0, 0.05) is 25.3 Å². The van der Waals surface area contributed by atoms with Gasteiger partial charge in [0.1, 0.15) is 11.3 Å². The first-order valence-electron chi connectivity index (χ1n) is 11.0. The van der Waals surface area contributed by atoms with Gasteiger partial charge in [-0.1, -0.05) is 30.3 Å². The van der Waals surface area contributed by atoms with Crippen LogP contribution in [0.25, 0.3) is 5.52 Å². The van der Waals surface area contributed by atoms with Gasteiger partial charge in [-0.2, -0.15) is 0 Å². The van der Waals surface area contributed by atoms with Crippen molar-refractivity contribution in [2.75, 3.05) is 18.0 Å². The first kappa shape index (κ1) is 22.3. The molecule has 2 N–H and O–H groups in total. The van der Waals surface area contributed by atoms with Crippen LogP contribution in [0.15, 0.2) is 81.4 Å². The van der Waals surface area contributed by atoms with Crippen LogP contribution in [0.3, 0.4) is 0 Å². The molecule has 0 spiro atoms. The topological polar surface area (TPSA) is 103 Å². The SMILES string of the molecule is N[C@@H]1CCCN(c2nn3cc(S(=O)(=O)c4ccccc4)cc3c(=O)n2Cc2cccc(F)c2)C1. The molecule has 0 unspecified atom stereocenters. The molecule has 2 aromatic carbocycles. The largest absolute Gasteiger partial charge is 0.339 e. The lowest BCUT2D eigenvalue weighted by molar-refractivity contribution is 0.487. The Balaban J connectivity index is 1.67. The molecule has 176 valence electrons. The van der Waals surface area contributed by atoms with Crippen LogP contribution in [0.1, 0.15) is 18.4 Å². The highest BCUT2D eigenvalue weighted by Crippen LogP contribution is 2.24. The van der Waals surface area contributed by atoms with Crippen LogP contribution in [0, 0.1) is 5.82 Å². The van der Waals surface area contributed by atoms with E-state index in [0.29, 0.717) is 24.6 Å². The number of nitrogens with zero attached hydrogens (tertiary/aromatic N) is 4. The molecule has 10 heteroatoms. The molecule has 5 rings (SSSR count). The van der Waals surface area contributed by atoms with Gasteiger partial charge < -0.3 is 10.6 Å². The predicted octanol–water partition coefficient (Wildman–Crippen LogP) is 2.44. The van der Waals surface area contributed by atoms with Crippen LogP contribution in [-0.2, 0) is 16.4 Å². The Morgan fingerprint density at radius 2 is 1.85 bits per heavy atom. The molecule has 0 saturated carbocycles. The van der Waals surface area contributed by atoms with Crippen molar-refractivity contribution in [2.45, 2.75) is 35.2 Å². The van der Waals surface area contributed by atoms with E-state index < -0.39 is 21.2 Å². The fraction of sp³-hybridized carbons (Fsp3) is 0.250. The van der Waals surface area contributed by atoms with E-state index in [0.717, 1.165) is 12.8 Å². The zero-order valence-electron chi connectivity index (χ0n) is 18.3. The van der Waals surface area contributed by atoms with E-state index in [4.69, 9.17) is 5.73 Å². The van der Waals surface area contributed by atoms with Crippen LogP contribution < -0.4 is 16.2 Å². The smallest absolute Gasteiger partial charge is 0.279 e. The summed E-state index contributed by atoms with van der Waals surface area (Å²) in [5, 5.41) is 4.63. The summed E-state index contributed by atoms with van der Waals surface area (Å²) in [5.74, 6) is -0.0313. The summed E-state index contributed by atoms with van der Waals surface area (Å²) in [6, 6.07) is 15.3. The zero-order valence-corrected chi connectivity index (χ0v) is 19.2. The summed E-state index contributed by atoms with van der Waals surface area (Å²) in [6.07, 6.45) is 3.07. The van der Waals surface area contributed by atoms with Gasteiger partial charge >= 0.3 is 0 Å². The number of nitrogens with two attached hydrogens (primary N) is 1. The summed E-state index contributed by atoms with van der Waals surface area (Å²) < 4.78 is 42.9. The van der Waals surface area contributed by atoms with E-state index in [-0.39, 0.29) is 27.9 Å². The second-order valence-electron chi connectivity index (χ2n) is 8.49. The highest BCUT2D eigenvalue weighted by molar-refractivity contribution is 7.91. The van der Waals surface area contributed by atoms with Crippen molar-refractivity contribution in [3.05, 3.63) is 88.6 Å². The maximum atomic E-state index is 13.8. The number of hydrogen-bond acceptors (Lipinski definition) is 6. The third kappa shape index (κ3) is 4.10. The maximum absolute atomic E-state index is 13.8. The minimum absolute atomic E-state index is 0.0203. The Kier molecular flexibility index (Phi) is 5.70. The lowest BCUT2D eigenvalue weighted by Crippen LogP contribution is -2.45. The molecule has 1 fully saturated rings. The molecule has 1 saturated heterocycles. The molecule has 0 bridgehead atoms. The summed E-state index contributed by atoms with van der Waals surface area (Å²) in [4.78, 5) is 15.6. The second kappa shape index (κ2) is 8.69. The minimum atomic E-state index is -3.83. The highest BCUT2D eigenvalue weighted by Gasteiger charge is 2.25. The first-order valence-corrected chi connectivity index (χ1v) is 12.5. The van der Waals surface area contributed by atoms with Crippen LogP contribution in [0.4, 0.5) is 10.3 Å². The number of sulfone groups is 1. The normalized spacial score (nSPS) is 16.8. The van der Waals surface area contributed by atoms with Crippen molar-refractivity contribution in [2.24, 2.45) is 5.73 Å². The van der Waals surface area contributed by atoms with Crippen molar-refractivity contribution >= 4 is 21.3 Å². The first-order chi connectivity index (χ1) is 16.3. The van der Waals surface area contributed by atoms with Crippen molar-refractivity contribution in [1.82, 2.24) is 14.2 Å². The van der Waals surface area contributed by atoms with E-state index in [1.807, 2.05) is 4.90 Å². The average Bonchev–Trinajstić information content (AvgIpc) is 3.27. The summed E-state index contributed by atoms with van der Waals surface area (Å²) in [7, 11) is -3.83. The molecule has 2 aromatic heterocycles. The number of halogens is 1. The summed E-state index contributed by atoms with van der Waals surface area (Å²) in [5.41, 5.74) is 6.47. The molecule has 3 heterocycles. The lowest BCUT2D eigenvalue weighted by Gasteiger charge is -2.32. The highest BCUT2D eigenvalue weighted by atomic mass is 32.2. The Bertz CT molecular complexity index is 1510. The molecule has 8 nitrogen and oxygen atoms in total. The van der Waals surface area contributed by atoms with Crippen molar-refractivity contribution in [3.63, 3.8) is 0 Å². The molecular weight excluding hydrogens is 457 g/mol. The van der Waals surface area contributed by atoms with Gasteiger partial charge in [-0.25, -0.2) is 17.3 Å². The summed E-state index contributed by atoms with van der Waals surface area (Å²) in [6.45, 7) is 1.26. The van der Waals surface area contributed by atoms with Gasteiger partial charge in [0.2, 0.25) is 15.8 Å². The van der Waals surface area contributed by atoms with Crippen molar-refractivity contribution < 1.29 is 12.8 Å². The van der Waals surface area contributed by atoms with Crippen LogP contribution >= 0.6 is 0 Å². The van der Waals surface area contributed by atoms with Crippen molar-refractivity contribution in [3.8, 4) is 0 Å². The van der Waals surface area contributed by atoms with Crippen LogP contribution in [-0.4, -0.2) is 41.7 Å². The molecular formula is C24H24FN5O3S. The number of fused-ring (bicyclic) bond motifs is 1. The maximum Gasteiger partial charge on any atom is 0.279 e. The fourth-order valence-corrected chi connectivity index (χ4v) is 5.61. The molecule has 0 radical (unpaired) electrons. The number of anilines is 1. The second-order valence-corrected chi connectivity index (χ2v) is 10.4. The molecule has 1 atom stereocenters. The number of hydrogen-bond donors (Lipinski definition) is 1. The van der Waals surface area contributed by atoms with E-state index in [9.17, 15) is 17.6 Å². The standard InChI is InChI=1S/C24H24FN5O3S/c25-18-7-4-6-17(12-18)14-29-23(31)22-13-21(34(32,33)20-9-2-1-3-10-20)16-30(22)27-24(29)28-11-5-8-19(26)15-28/h1-4,6-7,9-10,12-13,16,19H,5,8,11,14-15,26H2/t19-/m1/s1. The van der Waals surface area contributed by atoms with E-state index in [2.05, 4.69) is 5.10 Å². The van der Waals surface area contributed by atoms with Crippen LogP contribution in [0.2, 0.25) is 0 Å². The number of aromatic nitrogens is 3. The Morgan fingerprint density at radius 1 is 1.06 bits per heavy atom. The van der Waals surface area contributed by atoms with E-state index in [1.165, 1.54) is 45.6 Å². The van der Waals surface area contributed by atoms with Gasteiger partial charge in [-0.05, 0) is 48.7 Å². The molecule has 4 aromatic rings. The third-order valence-corrected chi connectivity index (χ3v) is 7.75. The van der Waals surface area contributed by atoms with Gasteiger partial charge in [0.05, 0.1) is 16.3 Å². The predicted molar refractivity (Wildman–Crippen MR) is 126 cm³/mol. The number of benzene rings is 2. The van der Waals surface area contributed by atoms with E-state index >= 15 is 0 Å². The Morgan fingerprint density at radius 3 is 2.59 bits per heavy atom. The minimum Gasteiger partial charge on any atom is -0.339 e. The molecule has 1 aliphatic heterocycles. The molecule has 1 aliphatic rings. The van der Waals surface area contributed by atoms with E-state index in [1.54, 1.807) is 30.3 Å². The van der Waals surface area contributed by atoms with Gasteiger partial charge in [0.25, 0.3) is 5.56 Å². The number of rotatable bonds is 5. The average molecular weight is 482 g/mol. The van der Waals surface area contributed by atoms with Gasteiger partial charge in [-0.3, -0.25) is 9.36 Å². The fourth-order valence-electron chi connectivity index (χ4n) is 4.32.